The lowest BCUT2D eigenvalue weighted by atomic mass is 10.1. The van der Waals surface area contributed by atoms with Crippen molar-refractivity contribution in [3.05, 3.63) is 81.9 Å². The minimum absolute atomic E-state index is 0.0157. The highest BCUT2D eigenvalue weighted by Gasteiger charge is 2.16. The van der Waals surface area contributed by atoms with Crippen LogP contribution in [0, 0.1) is 19.7 Å². The summed E-state index contributed by atoms with van der Waals surface area (Å²) in [5.41, 5.74) is 3.20. The second-order valence-corrected chi connectivity index (χ2v) is 9.53. The summed E-state index contributed by atoms with van der Waals surface area (Å²) in [6.07, 6.45) is 0.751. The van der Waals surface area contributed by atoms with Crippen LogP contribution in [-0.4, -0.2) is 30.7 Å². The zero-order valence-corrected chi connectivity index (χ0v) is 19.3. The van der Waals surface area contributed by atoms with Crippen LogP contribution in [-0.2, 0) is 23.1 Å². The minimum atomic E-state index is -3.85. The van der Waals surface area contributed by atoms with Gasteiger partial charge in [0.2, 0.25) is 10.0 Å². The summed E-state index contributed by atoms with van der Waals surface area (Å²) in [6.45, 7) is 5.19. The molecule has 3 rings (SSSR count). The molecule has 0 atom stereocenters. The van der Waals surface area contributed by atoms with Crippen molar-refractivity contribution in [3.8, 4) is 0 Å². The number of carbonyl (C=O) groups is 1. The van der Waals surface area contributed by atoms with Gasteiger partial charge in [0, 0.05) is 30.9 Å². The molecule has 7 nitrogen and oxygen atoms in total. The highest BCUT2D eigenvalue weighted by atomic mass is 35.5. The van der Waals surface area contributed by atoms with E-state index in [4.69, 9.17) is 11.6 Å². The predicted molar refractivity (Wildman–Crippen MR) is 121 cm³/mol. The number of amides is 1. The van der Waals surface area contributed by atoms with Gasteiger partial charge in [0.15, 0.2) is 0 Å². The summed E-state index contributed by atoms with van der Waals surface area (Å²) >= 11 is 5.66. The van der Waals surface area contributed by atoms with Gasteiger partial charge in [-0.2, -0.15) is 5.10 Å². The second kappa shape index (κ2) is 10.2. The molecule has 0 bridgehead atoms. The highest BCUT2D eigenvalue weighted by Crippen LogP contribution is 2.19. The third-order valence-electron chi connectivity index (χ3n) is 4.82. The van der Waals surface area contributed by atoms with Crippen molar-refractivity contribution in [1.29, 1.82) is 0 Å². The van der Waals surface area contributed by atoms with E-state index in [1.807, 2.05) is 24.6 Å². The molecule has 0 aliphatic rings. The van der Waals surface area contributed by atoms with E-state index in [-0.39, 0.29) is 22.4 Å². The molecule has 0 aliphatic carbocycles. The fraction of sp³-hybridized carbons (Fsp3) is 0.273. The second-order valence-electron chi connectivity index (χ2n) is 7.36. The fourth-order valence-electron chi connectivity index (χ4n) is 3.11. The number of benzene rings is 2. The van der Waals surface area contributed by atoms with Crippen LogP contribution in [0.5, 0.6) is 0 Å². The van der Waals surface area contributed by atoms with Crippen LogP contribution in [0.25, 0.3) is 0 Å². The van der Waals surface area contributed by atoms with E-state index in [9.17, 15) is 17.6 Å². The summed E-state index contributed by atoms with van der Waals surface area (Å²) in [6, 6.07) is 11.8. The average Bonchev–Trinajstić information content (AvgIpc) is 3.08. The first kappa shape index (κ1) is 23.9. The van der Waals surface area contributed by atoms with Crippen molar-refractivity contribution in [1.82, 2.24) is 19.8 Å². The molecular formula is C22H24ClFN4O3S. The first-order chi connectivity index (χ1) is 15.2. The van der Waals surface area contributed by atoms with Crippen LogP contribution < -0.4 is 10.0 Å². The molecule has 0 unspecified atom stereocenters. The molecule has 170 valence electrons. The number of halogens is 2. The molecule has 2 N–H and O–H groups in total. The molecule has 0 spiro atoms. The third kappa shape index (κ3) is 6.15. The van der Waals surface area contributed by atoms with E-state index in [0.717, 1.165) is 42.6 Å². The summed E-state index contributed by atoms with van der Waals surface area (Å²) in [7, 11) is -3.85. The van der Waals surface area contributed by atoms with Crippen LogP contribution in [0.2, 0.25) is 5.02 Å². The number of rotatable bonds is 9. The van der Waals surface area contributed by atoms with Crippen LogP contribution in [0.4, 0.5) is 4.39 Å². The number of carbonyl (C=O) groups excluding carboxylic acids is 1. The lowest BCUT2D eigenvalue weighted by Crippen LogP contribution is -2.26. The molecule has 3 aromatic rings. The van der Waals surface area contributed by atoms with Gasteiger partial charge in [-0.1, -0.05) is 23.7 Å². The Kier molecular flexibility index (Phi) is 7.65. The molecule has 0 fully saturated rings. The van der Waals surface area contributed by atoms with Gasteiger partial charge in [0.05, 0.1) is 15.6 Å². The SMILES string of the molecule is Cc1cc(C)n(CCCNC(=O)c2ccc(CNS(=O)(=O)c3ccc(F)c(Cl)c3)cc2)n1. The normalized spacial score (nSPS) is 11.5. The highest BCUT2D eigenvalue weighted by molar-refractivity contribution is 7.89. The molecule has 1 amide bonds. The van der Waals surface area contributed by atoms with Crippen LogP contribution in [0.3, 0.4) is 0 Å². The minimum Gasteiger partial charge on any atom is -0.352 e. The van der Waals surface area contributed by atoms with E-state index in [2.05, 4.69) is 15.1 Å². The maximum absolute atomic E-state index is 13.2. The Morgan fingerprint density at radius 1 is 1.12 bits per heavy atom. The number of nitrogens with zero attached hydrogens (tertiary/aromatic N) is 2. The molecule has 2 aromatic carbocycles. The monoisotopic (exact) mass is 478 g/mol. The molecule has 1 heterocycles. The van der Waals surface area contributed by atoms with Crippen molar-refractivity contribution in [2.24, 2.45) is 0 Å². The van der Waals surface area contributed by atoms with Crippen molar-refractivity contribution in [3.63, 3.8) is 0 Å². The summed E-state index contributed by atoms with van der Waals surface area (Å²) in [5, 5.41) is 6.99. The van der Waals surface area contributed by atoms with Gasteiger partial charge >= 0.3 is 0 Å². The topological polar surface area (TPSA) is 93.1 Å². The molecule has 0 saturated carbocycles. The largest absolute Gasteiger partial charge is 0.352 e. The number of nitrogens with one attached hydrogen (secondary N) is 2. The van der Waals surface area contributed by atoms with Gasteiger partial charge in [-0.25, -0.2) is 17.5 Å². The van der Waals surface area contributed by atoms with Gasteiger partial charge in [0.1, 0.15) is 5.82 Å². The first-order valence-electron chi connectivity index (χ1n) is 9.98. The van der Waals surface area contributed by atoms with Crippen molar-refractivity contribution >= 4 is 27.5 Å². The quantitative estimate of drug-likeness (QED) is 0.459. The number of hydrogen-bond acceptors (Lipinski definition) is 4. The summed E-state index contributed by atoms with van der Waals surface area (Å²) < 4.78 is 42.3. The zero-order chi connectivity index (χ0) is 23.3. The molecule has 10 heteroatoms. The number of aryl methyl sites for hydroxylation is 3. The zero-order valence-electron chi connectivity index (χ0n) is 17.7. The Morgan fingerprint density at radius 2 is 1.84 bits per heavy atom. The lowest BCUT2D eigenvalue weighted by molar-refractivity contribution is 0.0952. The van der Waals surface area contributed by atoms with Crippen LogP contribution in [0.15, 0.2) is 53.4 Å². The predicted octanol–water partition coefficient (Wildman–Crippen LogP) is 3.59. The van der Waals surface area contributed by atoms with Crippen molar-refractivity contribution in [2.75, 3.05) is 6.54 Å². The van der Waals surface area contributed by atoms with Crippen molar-refractivity contribution < 1.29 is 17.6 Å². The van der Waals surface area contributed by atoms with E-state index >= 15 is 0 Å². The fourth-order valence-corrected chi connectivity index (χ4v) is 4.40. The van der Waals surface area contributed by atoms with Crippen LogP contribution in [0.1, 0.15) is 33.7 Å². The first-order valence-corrected chi connectivity index (χ1v) is 11.8. The Bertz CT molecular complexity index is 1210. The van der Waals surface area contributed by atoms with Gasteiger partial charge in [0.25, 0.3) is 5.91 Å². The molecule has 0 aliphatic heterocycles. The molecular weight excluding hydrogens is 455 g/mol. The smallest absolute Gasteiger partial charge is 0.251 e. The molecule has 0 saturated heterocycles. The summed E-state index contributed by atoms with van der Waals surface area (Å²) in [5.74, 6) is -0.891. The van der Waals surface area contributed by atoms with Gasteiger partial charge in [-0.15, -0.1) is 0 Å². The van der Waals surface area contributed by atoms with Crippen LogP contribution >= 0.6 is 11.6 Å². The number of sulfonamides is 1. The average molecular weight is 479 g/mol. The maximum Gasteiger partial charge on any atom is 0.251 e. The van der Waals surface area contributed by atoms with Gasteiger partial charge in [-0.05, 0) is 62.2 Å². The standard InChI is InChI=1S/C22H24ClFN4O3S/c1-15-12-16(2)28(27-15)11-3-10-25-22(29)18-6-4-17(5-7-18)14-26-32(30,31)19-8-9-21(24)20(23)13-19/h4-9,12-13,26H,3,10-11,14H2,1-2H3,(H,25,29). The van der Waals surface area contributed by atoms with E-state index in [1.54, 1.807) is 24.3 Å². The third-order valence-corrected chi connectivity index (χ3v) is 6.51. The Morgan fingerprint density at radius 3 is 2.47 bits per heavy atom. The Hall–Kier alpha value is -2.75. The molecule has 32 heavy (non-hydrogen) atoms. The van der Waals surface area contributed by atoms with E-state index in [0.29, 0.717) is 17.7 Å². The van der Waals surface area contributed by atoms with E-state index in [1.165, 1.54) is 0 Å². The van der Waals surface area contributed by atoms with Crippen molar-refractivity contribution in [2.45, 2.75) is 38.3 Å². The Balaban J connectivity index is 1.49. The van der Waals surface area contributed by atoms with E-state index < -0.39 is 15.8 Å². The lowest BCUT2D eigenvalue weighted by Gasteiger charge is -2.09. The Labute approximate surface area is 191 Å². The van der Waals surface area contributed by atoms with Gasteiger partial charge < -0.3 is 5.32 Å². The van der Waals surface area contributed by atoms with Gasteiger partial charge in [-0.3, -0.25) is 9.48 Å². The summed E-state index contributed by atoms with van der Waals surface area (Å²) in [4.78, 5) is 12.2. The maximum atomic E-state index is 13.2. The number of aromatic nitrogens is 2. The number of hydrogen-bond donors (Lipinski definition) is 2. The molecule has 1 aromatic heterocycles. The molecule has 0 radical (unpaired) electrons.